The van der Waals surface area contributed by atoms with E-state index in [1.165, 1.54) is 12.5 Å². The lowest BCUT2D eigenvalue weighted by Crippen LogP contribution is -2.34. The Balaban J connectivity index is 1.66. The van der Waals surface area contributed by atoms with Crippen LogP contribution >= 0.6 is 0 Å². The molecule has 1 atom stereocenters. The van der Waals surface area contributed by atoms with Crippen LogP contribution in [0, 0.1) is 0 Å². The molecule has 0 spiro atoms. The van der Waals surface area contributed by atoms with Gasteiger partial charge >= 0.3 is 0 Å². The molecule has 29 heavy (non-hydrogen) atoms. The van der Waals surface area contributed by atoms with Crippen LogP contribution in [0.5, 0.6) is 0 Å². The van der Waals surface area contributed by atoms with E-state index in [1.807, 2.05) is 42.5 Å². The molecule has 1 heterocycles. The Labute approximate surface area is 172 Å². The lowest BCUT2D eigenvalue weighted by atomic mass is 10.1. The third-order valence-corrected chi connectivity index (χ3v) is 5.10. The fourth-order valence-corrected chi connectivity index (χ4v) is 3.33. The molecule has 0 aliphatic carbocycles. The molecule has 2 aromatic rings. The summed E-state index contributed by atoms with van der Waals surface area (Å²) in [5.41, 5.74) is 3.45. The van der Waals surface area contributed by atoms with Gasteiger partial charge in [0.25, 0.3) is 5.91 Å². The highest BCUT2D eigenvalue weighted by molar-refractivity contribution is 6.40. The van der Waals surface area contributed by atoms with Crippen molar-refractivity contribution in [2.24, 2.45) is 5.10 Å². The van der Waals surface area contributed by atoms with Gasteiger partial charge in [-0.2, -0.15) is 5.10 Å². The van der Waals surface area contributed by atoms with Gasteiger partial charge in [-0.25, -0.2) is 0 Å². The van der Waals surface area contributed by atoms with Crippen molar-refractivity contribution in [3.8, 4) is 0 Å². The van der Waals surface area contributed by atoms with Crippen LogP contribution in [-0.4, -0.2) is 41.9 Å². The van der Waals surface area contributed by atoms with Gasteiger partial charge in [0.05, 0.1) is 5.69 Å². The first-order valence-corrected chi connectivity index (χ1v) is 9.94. The topological polar surface area (TPSA) is 65.0 Å². The first kappa shape index (κ1) is 20.7. The molecule has 6 nitrogen and oxygen atoms in total. The maximum Gasteiger partial charge on any atom is 0.267 e. The largest absolute Gasteiger partial charge is 0.347 e. The van der Waals surface area contributed by atoms with Gasteiger partial charge in [0.2, 0.25) is 0 Å². The number of Topliss-reactive ketones (excluding diaryl/α,β-unsaturated/α-hetero) is 1. The van der Waals surface area contributed by atoms with E-state index in [9.17, 15) is 9.59 Å². The smallest absolute Gasteiger partial charge is 0.267 e. The molecule has 6 heteroatoms. The van der Waals surface area contributed by atoms with Gasteiger partial charge in [0.1, 0.15) is 11.8 Å². The van der Waals surface area contributed by atoms with E-state index in [2.05, 4.69) is 41.4 Å². The van der Waals surface area contributed by atoms with Crippen LogP contribution in [0.3, 0.4) is 0 Å². The minimum atomic E-state index is -0.439. The Morgan fingerprint density at radius 3 is 2.55 bits per heavy atom. The van der Waals surface area contributed by atoms with Crippen molar-refractivity contribution in [2.75, 3.05) is 18.6 Å². The predicted molar refractivity (Wildman–Crippen MR) is 116 cm³/mol. The average Bonchev–Trinajstić information content (AvgIpc) is 3.19. The molecular formula is C23H28N4O2. The molecule has 1 unspecified atom stereocenters. The van der Waals surface area contributed by atoms with Crippen LogP contribution in [0.1, 0.15) is 31.4 Å². The fourth-order valence-electron chi connectivity index (χ4n) is 3.33. The summed E-state index contributed by atoms with van der Waals surface area (Å²) in [4.78, 5) is 27.0. The van der Waals surface area contributed by atoms with Crippen LogP contribution in [-0.2, 0) is 22.7 Å². The van der Waals surface area contributed by atoms with Crippen LogP contribution in [0.2, 0.25) is 0 Å². The molecule has 2 aromatic carbocycles. The van der Waals surface area contributed by atoms with Gasteiger partial charge in [-0.3, -0.25) is 14.6 Å². The first-order valence-electron chi connectivity index (χ1n) is 9.94. The highest BCUT2D eigenvalue weighted by atomic mass is 16.2. The van der Waals surface area contributed by atoms with Gasteiger partial charge in [0, 0.05) is 19.5 Å². The van der Waals surface area contributed by atoms with E-state index in [4.69, 9.17) is 0 Å². The quantitative estimate of drug-likeness (QED) is 0.750. The zero-order valence-electron chi connectivity index (χ0n) is 17.3. The van der Waals surface area contributed by atoms with Crippen molar-refractivity contribution in [1.29, 1.82) is 0 Å². The number of carbonyl (C=O) groups is 2. The second-order valence-electron chi connectivity index (χ2n) is 7.39. The van der Waals surface area contributed by atoms with E-state index in [1.54, 1.807) is 5.01 Å². The molecule has 1 aliphatic heterocycles. The molecule has 152 valence electrons. The van der Waals surface area contributed by atoms with Crippen LogP contribution < -0.4 is 10.3 Å². The molecule has 0 fully saturated rings. The van der Waals surface area contributed by atoms with Crippen molar-refractivity contribution in [3.05, 3.63) is 65.7 Å². The molecule has 0 bridgehead atoms. The van der Waals surface area contributed by atoms with E-state index < -0.39 is 6.04 Å². The number of ketones is 1. The molecule has 1 aliphatic rings. The fraction of sp³-hybridized carbons (Fsp3) is 0.348. The number of nitrogens with zero attached hydrogens (tertiary/aromatic N) is 3. The van der Waals surface area contributed by atoms with Crippen molar-refractivity contribution < 1.29 is 9.59 Å². The summed E-state index contributed by atoms with van der Waals surface area (Å²) < 4.78 is 0. The zero-order valence-corrected chi connectivity index (χ0v) is 17.3. The number of para-hydroxylation sites is 1. The molecule has 0 saturated heterocycles. The summed E-state index contributed by atoms with van der Waals surface area (Å²) >= 11 is 0. The van der Waals surface area contributed by atoms with E-state index in [0.717, 1.165) is 24.3 Å². The maximum atomic E-state index is 12.7. The van der Waals surface area contributed by atoms with Crippen LogP contribution in [0.15, 0.2) is 59.7 Å². The summed E-state index contributed by atoms with van der Waals surface area (Å²) in [6.07, 6.45) is 0.317. The summed E-state index contributed by atoms with van der Waals surface area (Å²) in [6.45, 7) is 5.94. The molecule has 0 saturated carbocycles. The van der Waals surface area contributed by atoms with Gasteiger partial charge in [-0.1, -0.05) is 49.4 Å². The number of rotatable bonds is 8. The monoisotopic (exact) mass is 392 g/mol. The minimum Gasteiger partial charge on any atom is -0.347 e. The van der Waals surface area contributed by atoms with E-state index >= 15 is 0 Å². The number of benzene rings is 2. The average molecular weight is 393 g/mol. The summed E-state index contributed by atoms with van der Waals surface area (Å²) in [6, 6.07) is 17.2. The highest BCUT2D eigenvalue weighted by Crippen LogP contribution is 2.25. The molecule has 0 aromatic heterocycles. The number of carbonyl (C=O) groups excluding carboxylic acids is 2. The van der Waals surface area contributed by atoms with Crippen LogP contribution in [0.25, 0.3) is 0 Å². The number of hydrazone groups is 1. The molecule has 1 amide bonds. The Hall–Kier alpha value is -2.99. The van der Waals surface area contributed by atoms with Crippen molar-refractivity contribution in [1.82, 2.24) is 10.2 Å². The molecule has 1 N–H and O–H groups in total. The number of nitrogens with one attached hydrogen (secondary N) is 1. The van der Waals surface area contributed by atoms with Crippen LogP contribution in [0.4, 0.5) is 5.69 Å². The van der Waals surface area contributed by atoms with Gasteiger partial charge in [-0.05, 0) is 43.8 Å². The second-order valence-corrected chi connectivity index (χ2v) is 7.39. The zero-order chi connectivity index (χ0) is 20.8. The Morgan fingerprint density at radius 1 is 1.14 bits per heavy atom. The van der Waals surface area contributed by atoms with Crippen molar-refractivity contribution >= 4 is 23.1 Å². The van der Waals surface area contributed by atoms with Crippen molar-refractivity contribution in [3.63, 3.8) is 0 Å². The third kappa shape index (κ3) is 5.29. The number of hydrogen-bond acceptors (Lipinski definition) is 5. The van der Waals surface area contributed by atoms with E-state index in [0.29, 0.717) is 18.7 Å². The summed E-state index contributed by atoms with van der Waals surface area (Å²) in [5.74, 6) is -0.237. The Bertz CT molecular complexity index is 895. The van der Waals surface area contributed by atoms with Gasteiger partial charge in [-0.15, -0.1) is 0 Å². The maximum absolute atomic E-state index is 12.7. The van der Waals surface area contributed by atoms with Crippen molar-refractivity contribution in [2.45, 2.75) is 39.4 Å². The number of anilines is 1. The Kier molecular flexibility index (Phi) is 6.77. The SMILES string of the molecule is CCN(C)Cc1cccc(CNC(=O)C2=NN(c3ccccc3)C(C(C)=O)C2)c1. The molecule has 3 rings (SSSR count). The molecular weight excluding hydrogens is 364 g/mol. The van der Waals surface area contributed by atoms with Gasteiger partial charge < -0.3 is 10.2 Å². The minimum absolute atomic E-state index is 0.00634. The first-order chi connectivity index (χ1) is 14.0. The molecule has 0 radical (unpaired) electrons. The second kappa shape index (κ2) is 9.47. The summed E-state index contributed by atoms with van der Waals surface area (Å²) in [7, 11) is 2.08. The Morgan fingerprint density at radius 2 is 1.86 bits per heavy atom. The predicted octanol–water partition coefficient (Wildman–Crippen LogP) is 2.98. The standard InChI is InChI=1S/C23H28N4O2/c1-4-26(3)16-19-10-8-9-18(13-19)15-24-23(29)21-14-22(17(2)28)27(25-21)20-11-6-5-7-12-20/h5-13,22H,4,14-16H2,1-3H3,(H,24,29). The van der Waals surface area contributed by atoms with Gasteiger partial charge in [0.15, 0.2) is 5.78 Å². The number of hydrogen-bond donors (Lipinski definition) is 1. The highest BCUT2D eigenvalue weighted by Gasteiger charge is 2.33. The normalized spacial score (nSPS) is 16.1. The lowest BCUT2D eigenvalue weighted by Gasteiger charge is -2.20. The van der Waals surface area contributed by atoms with E-state index in [-0.39, 0.29) is 11.7 Å². The third-order valence-electron chi connectivity index (χ3n) is 5.10. The summed E-state index contributed by atoms with van der Waals surface area (Å²) in [5, 5.41) is 9.05. The number of amides is 1. The lowest BCUT2D eigenvalue weighted by molar-refractivity contribution is -0.118.